The van der Waals surface area contributed by atoms with Crippen LogP contribution in [-0.2, 0) is 11.2 Å². The Bertz CT molecular complexity index is 493. The topological polar surface area (TPSA) is 55.1 Å². The average molecular weight is 329 g/mol. The van der Waals surface area contributed by atoms with Gasteiger partial charge >= 0.3 is 0 Å². The summed E-state index contributed by atoms with van der Waals surface area (Å²) in [5, 5.41) is 4.25. The monoisotopic (exact) mass is 328 g/mol. The highest BCUT2D eigenvalue weighted by molar-refractivity contribution is 6.35. The molecule has 0 saturated heterocycles. The van der Waals surface area contributed by atoms with Gasteiger partial charge in [-0.2, -0.15) is 0 Å². The Morgan fingerprint density at radius 2 is 2.00 bits per heavy atom. The van der Waals surface area contributed by atoms with E-state index in [1.54, 1.807) is 6.07 Å². The van der Waals surface area contributed by atoms with Crippen LogP contribution in [0, 0.1) is 5.92 Å². The molecule has 3 N–H and O–H groups in total. The molecule has 1 saturated carbocycles. The highest BCUT2D eigenvalue weighted by Crippen LogP contribution is 2.23. The van der Waals surface area contributed by atoms with E-state index in [0.29, 0.717) is 23.0 Å². The zero-order valence-corrected chi connectivity index (χ0v) is 13.6. The van der Waals surface area contributed by atoms with Crippen LogP contribution in [-0.4, -0.2) is 18.5 Å². The van der Waals surface area contributed by atoms with Crippen LogP contribution in [0.4, 0.5) is 0 Å². The summed E-state index contributed by atoms with van der Waals surface area (Å²) in [4.78, 5) is 12.2. The fraction of sp³-hybridized carbons (Fsp3) is 0.562. The molecule has 2 rings (SSSR count). The molecule has 5 heteroatoms. The van der Waals surface area contributed by atoms with Crippen molar-refractivity contribution in [2.45, 2.75) is 44.6 Å². The highest BCUT2D eigenvalue weighted by atomic mass is 35.5. The molecular formula is C16H22Cl2N2O. The number of nitrogens with one attached hydrogen (secondary N) is 1. The summed E-state index contributed by atoms with van der Waals surface area (Å²) in [5.74, 6) is 0.0303. The Kier molecular flexibility index (Phi) is 6.34. The van der Waals surface area contributed by atoms with Crippen molar-refractivity contribution in [1.29, 1.82) is 0 Å². The molecule has 0 aliphatic heterocycles. The van der Waals surface area contributed by atoms with Crippen molar-refractivity contribution < 1.29 is 4.79 Å². The van der Waals surface area contributed by atoms with Crippen LogP contribution in [0.3, 0.4) is 0 Å². The molecule has 2 unspecified atom stereocenters. The molecule has 0 radical (unpaired) electrons. The summed E-state index contributed by atoms with van der Waals surface area (Å²) in [6.07, 6.45) is 5.94. The Labute approximate surface area is 136 Å². The first-order valence-electron chi connectivity index (χ1n) is 7.55. The zero-order chi connectivity index (χ0) is 15.2. The first kappa shape index (κ1) is 16.6. The van der Waals surface area contributed by atoms with Crippen molar-refractivity contribution in [3.63, 3.8) is 0 Å². The van der Waals surface area contributed by atoms with Crippen molar-refractivity contribution >= 4 is 29.1 Å². The maximum Gasteiger partial charge on any atom is 0.224 e. The minimum Gasteiger partial charge on any atom is -0.355 e. The SMILES string of the molecule is NC1CCCCCC1C(=O)NCCc1ccc(Cl)cc1Cl. The van der Waals surface area contributed by atoms with Gasteiger partial charge in [0.25, 0.3) is 0 Å². The van der Waals surface area contributed by atoms with Crippen LogP contribution in [0.15, 0.2) is 18.2 Å². The largest absolute Gasteiger partial charge is 0.355 e. The first-order chi connectivity index (χ1) is 10.1. The Morgan fingerprint density at radius 1 is 1.24 bits per heavy atom. The quantitative estimate of drug-likeness (QED) is 0.830. The molecule has 1 fully saturated rings. The van der Waals surface area contributed by atoms with E-state index in [-0.39, 0.29) is 17.9 Å². The van der Waals surface area contributed by atoms with Gasteiger partial charge in [-0.3, -0.25) is 4.79 Å². The number of halogens is 2. The maximum absolute atomic E-state index is 12.2. The number of benzene rings is 1. The summed E-state index contributed by atoms with van der Waals surface area (Å²) >= 11 is 12.0. The zero-order valence-electron chi connectivity index (χ0n) is 12.1. The van der Waals surface area contributed by atoms with Crippen LogP contribution in [0.25, 0.3) is 0 Å². The van der Waals surface area contributed by atoms with Gasteiger partial charge in [0.15, 0.2) is 0 Å². The van der Waals surface area contributed by atoms with Crippen LogP contribution < -0.4 is 11.1 Å². The van der Waals surface area contributed by atoms with Gasteiger partial charge in [0.05, 0.1) is 5.92 Å². The van der Waals surface area contributed by atoms with E-state index in [2.05, 4.69) is 5.32 Å². The Balaban J connectivity index is 1.83. The number of nitrogens with two attached hydrogens (primary N) is 1. The molecule has 2 atom stereocenters. The van der Waals surface area contributed by atoms with Crippen molar-refractivity contribution in [2.24, 2.45) is 11.7 Å². The van der Waals surface area contributed by atoms with Gasteiger partial charge in [0.1, 0.15) is 0 Å². The van der Waals surface area contributed by atoms with Crippen LogP contribution >= 0.6 is 23.2 Å². The minimum absolute atomic E-state index is 0.00776. The number of hydrogen-bond acceptors (Lipinski definition) is 2. The number of rotatable bonds is 4. The lowest BCUT2D eigenvalue weighted by atomic mass is 9.94. The molecule has 1 aromatic rings. The molecule has 1 aliphatic rings. The first-order valence-corrected chi connectivity index (χ1v) is 8.30. The molecule has 1 aliphatic carbocycles. The summed E-state index contributed by atoms with van der Waals surface area (Å²) in [5.41, 5.74) is 7.10. The molecular weight excluding hydrogens is 307 g/mol. The number of hydrogen-bond donors (Lipinski definition) is 2. The molecule has 0 bridgehead atoms. The second kappa shape index (κ2) is 8.02. The minimum atomic E-state index is -0.0480. The van der Waals surface area contributed by atoms with Crippen molar-refractivity contribution in [3.8, 4) is 0 Å². The fourth-order valence-corrected chi connectivity index (χ4v) is 3.34. The molecule has 0 aromatic heterocycles. The second-order valence-corrected chi connectivity index (χ2v) is 6.53. The third-order valence-corrected chi connectivity index (χ3v) is 4.70. The number of carbonyl (C=O) groups is 1. The lowest BCUT2D eigenvalue weighted by Gasteiger charge is -2.20. The van der Waals surface area contributed by atoms with E-state index in [1.807, 2.05) is 12.1 Å². The van der Waals surface area contributed by atoms with Crippen LogP contribution in [0.5, 0.6) is 0 Å². The normalized spacial score (nSPS) is 22.6. The molecule has 3 nitrogen and oxygen atoms in total. The number of amides is 1. The fourth-order valence-electron chi connectivity index (χ4n) is 2.84. The third kappa shape index (κ3) is 4.87. The van der Waals surface area contributed by atoms with E-state index >= 15 is 0 Å². The van der Waals surface area contributed by atoms with Gasteiger partial charge in [-0.25, -0.2) is 0 Å². The van der Waals surface area contributed by atoms with Crippen LogP contribution in [0.2, 0.25) is 10.0 Å². The summed E-state index contributed by atoms with van der Waals surface area (Å²) < 4.78 is 0. The Hall–Kier alpha value is -0.770. The molecule has 1 amide bonds. The molecule has 1 aromatic carbocycles. The van der Waals surface area contributed by atoms with E-state index in [0.717, 1.165) is 31.2 Å². The smallest absolute Gasteiger partial charge is 0.224 e. The number of carbonyl (C=O) groups excluding carboxylic acids is 1. The van der Waals surface area contributed by atoms with Gasteiger partial charge in [-0.05, 0) is 37.0 Å². The highest BCUT2D eigenvalue weighted by Gasteiger charge is 2.26. The molecule has 0 heterocycles. The maximum atomic E-state index is 12.2. The summed E-state index contributed by atoms with van der Waals surface area (Å²) in [6, 6.07) is 5.42. The van der Waals surface area contributed by atoms with Gasteiger partial charge in [0.2, 0.25) is 5.91 Å². The standard InChI is InChI=1S/C16H22Cl2N2O/c17-12-7-6-11(14(18)10-12)8-9-20-16(21)13-4-2-1-3-5-15(13)19/h6-7,10,13,15H,1-5,8-9,19H2,(H,20,21). The van der Waals surface area contributed by atoms with Crippen molar-refractivity contribution in [3.05, 3.63) is 33.8 Å². The molecule has 0 spiro atoms. The third-order valence-electron chi connectivity index (χ3n) is 4.11. The van der Waals surface area contributed by atoms with Gasteiger partial charge in [0, 0.05) is 22.6 Å². The van der Waals surface area contributed by atoms with E-state index in [4.69, 9.17) is 28.9 Å². The van der Waals surface area contributed by atoms with Crippen molar-refractivity contribution in [1.82, 2.24) is 5.32 Å². The summed E-state index contributed by atoms with van der Waals surface area (Å²) in [6.45, 7) is 0.573. The van der Waals surface area contributed by atoms with E-state index in [9.17, 15) is 4.79 Å². The predicted molar refractivity (Wildman–Crippen MR) is 87.7 cm³/mol. The average Bonchev–Trinajstić information content (AvgIpc) is 2.66. The van der Waals surface area contributed by atoms with Gasteiger partial charge in [-0.15, -0.1) is 0 Å². The summed E-state index contributed by atoms with van der Waals surface area (Å²) in [7, 11) is 0. The van der Waals surface area contributed by atoms with Gasteiger partial charge < -0.3 is 11.1 Å². The van der Waals surface area contributed by atoms with Crippen molar-refractivity contribution in [2.75, 3.05) is 6.54 Å². The molecule has 116 valence electrons. The Morgan fingerprint density at radius 3 is 2.76 bits per heavy atom. The lowest BCUT2D eigenvalue weighted by Crippen LogP contribution is -2.41. The second-order valence-electron chi connectivity index (χ2n) is 5.69. The lowest BCUT2D eigenvalue weighted by molar-refractivity contribution is -0.125. The van der Waals surface area contributed by atoms with Gasteiger partial charge in [-0.1, -0.05) is 48.5 Å². The van der Waals surface area contributed by atoms with E-state index in [1.165, 1.54) is 6.42 Å². The predicted octanol–water partition coefficient (Wildman–Crippen LogP) is 3.56. The van der Waals surface area contributed by atoms with E-state index < -0.39 is 0 Å². The van der Waals surface area contributed by atoms with Crippen LogP contribution in [0.1, 0.15) is 37.7 Å². The molecule has 21 heavy (non-hydrogen) atoms.